The van der Waals surface area contributed by atoms with Crippen LogP contribution in [0.2, 0.25) is 0 Å². The monoisotopic (exact) mass is 590 g/mol. The normalized spacial score (nSPS) is 18.4. The van der Waals surface area contributed by atoms with Crippen LogP contribution < -0.4 is 9.47 Å². The molecule has 0 amide bonds. The largest absolute Gasteiger partial charge is 0.507 e. The van der Waals surface area contributed by atoms with Crippen molar-refractivity contribution in [3.05, 3.63) is 87.0 Å². The number of hydrogen-bond acceptors (Lipinski definition) is 7. The van der Waals surface area contributed by atoms with Crippen LogP contribution in [0, 0.1) is 0 Å². The van der Waals surface area contributed by atoms with Crippen LogP contribution in [0.3, 0.4) is 0 Å². The van der Waals surface area contributed by atoms with E-state index in [1.165, 1.54) is 11.1 Å². The van der Waals surface area contributed by atoms with Crippen molar-refractivity contribution in [1.29, 1.82) is 0 Å². The van der Waals surface area contributed by atoms with Gasteiger partial charge in [0.15, 0.2) is 12.6 Å². The second-order valence-electron chi connectivity index (χ2n) is 13.7. The fourth-order valence-electron chi connectivity index (χ4n) is 5.34. The van der Waals surface area contributed by atoms with Gasteiger partial charge in [0.1, 0.15) is 17.2 Å². The molecule has 2 aliphatic rings. The van der Waals surface area contributed by atoms with Crippen molar-refractivity contribution >= 4 is 0 Å². The summed E-state index contributed by atoms with van der Waals surface area (Å²) in [5.74, 6) is 1.86. The van der Waals surface area contributed by atoms with E-state index in [1.54, 1.807) is 0 Å². The Morgan fingerprint density at radius 2 is 1.05 bits per heavy atom. The van der Waals surface area contributed by atoms with Gasteiger partial charge in [0, 0.05) is 33.4 Å². The molecule has 0 saturated heterocycles. The molecular weight excluding hydrogens is 544 g/mol. The molecule has 1 N–H and O–H groups in total. The SMILES string of the molecule is CC1OCc2cc(C(C)(C)C)cc(COCc3cccc(COCc4cc(C(C)(C)C)cc5c4OC(C)OC5)c3O)c2O1. The van der Waals surface area contributed by atoms with Crippen molar-refractivity contribution in [2.24, 2.45) is 0 Å². The zero-order valence-corrected chi connectivity index (χ0v) is 26.8. The van der Waals surface area contributed by atoms with Gasteiger partial charge in [0.05, 0.1) is 39.6 Å². The maximum Gasteiger partial charge on any atom is 0.197 e. The molecule has 0 bridgehead atoms. The lowest BCUT2D eigenvalue weighted by molar-refractivity contribution is -0.0960. The van der Waals surface area contributed by atoms with Crippen molar-refractivity contribution in [3.8, 4) is 17.2 Å². The van der Waals surface area contributed by atoms with Crippen molar-refractivity contribution in [3.63, 3.8) is 0 Å². The first-order chi connectivity index (χ1) is 20.3. The highest BCUT2D eigenvalue weighted by Gasteiger charge is 2.26. The third-order valence-corrected chi connectivity index (χ3v) is 7.97. The molecule has 7 heteroatoms. The molecule has 0 aromatic heterocycles. The summed E-state index contributed by atoms with van der Waals surface area (Å²) >= 11 is 0. The lowest BCUT2D eigenvalue weighted by Gasteiger charge is -2.29. The first-order valence-corrected chi connectivity index (χ1v) is 15.1. The minimum atomic E-state index is -0.308. The fourth-order valence-corrected chi connectivity index (χ4v) is 5.34. The van der Waals surface area contributed by atoms with Crippen LogP contribution in [-0.2, 0) is 69.4 Å². The Morgan fingerprint density at radius 1 is 0.651 bits per heavy atom. The van der Waals surface area contributed by atoms with E-state index in [2.05, 4.69) is 65.8 Å². The van der Waals surface area contributed by atoms with Gasteiger partial charge in [-0.15, -0.1) is 0 Å². The average molecular weight is 591 g/mol. The number of para-hydroxylation sites is 1. The van der Waals surface area contributed by atoms with Gasteiger partial charge in [-0.25, -0.2) is 0 Å². The van der Waals surface area contributed by atoms with E-state index in [-0.39, 0.29) is 42.4 Å². The summed E-state index contributed by atoms with van der Waals surface area (Å²) in [7, 11) is 0. The van der Waals surface area contributed by atoms with Gasteiger partial charge in [-0.05, 0) is 60.1 Å². The quantitative estimate of drug-likeness (QED) is 0.286. The number of phenols is 1. The van der Waals surface area contributed by atoms with E-state index < -0.39 is 0 Å². The summed E-state index contributed by atoms with van der Waals surface area (Å²) in [4.78, 5) is 0. The van der Waals surface area contributed by atoms with Gasteiger partial charge in [0.25, 0.3) is 0 Å². The Bertz CT molecular complexity index is 1340. The number of rotatable bonds is 8. The molecule has 2 aliphatic heterocycles. The maximum absolute atomic E-state index is 11.1. The maximum atomic E-state index is 11.1. The van der Waals surface area contributed by atoms with Crippen molar-refractivity contribution in [1.82, 2.24) is 0 Å². The van der Waals surface area contributed by atoms with Gasteiger partial charge >= 0.3 is 0 Å². The van der Waals surface area contributed by atoms with Crippen LogP contribution in [0.1, 0.15) is 99.9 Å². The molecule has 5 rings (SSSR count). The van der Waals surface area contributed by atoms with Gasteiger partial charge in [0.2, 0.25) is 0 Å². The van der Waals surface area contributed by atoms with Crippen molar-refractivity contribution < 1.29 is 33.5 Å². The minimum Gasteiger partial charge on any atom is -0.507 e. The van der Waals surface area contributed by atoms with Crippen molar-refractivity contribution in [2.45, 2.75) is 118 Å². The molecule has 2 heterocycles. The van der Waals surface area contributed by atoms with Crippen LogP contribution in [0.25, 0.3) is 0 Å². The van der Waals surface area contributed by atoms with Gasteiger partial charge in [-0.3, -0.25) is 0 Å². The molecule has 7 nitrogen and oxygen atoms in total. The zero-order valence-electron chi connectivity index (χ0n) is 26.8. The molecule has 3 aromatic rings. The Labute approximate surface area is 256 Å². The highest BCUT2D eigenvalue weighted by Crippen LogP contribution is 2.38. The van der Waals surface area contributed by atoms with E-state index in [0.29, 0.717) is 37.6 Å². The Hall–Kier alpha value is -3.10. The molecule has 3 aromatic carbocycles. The number of hydrogen-bond donors (Lipinski definition) is 1. The van der Waals surface area contributed by atoms with Crippen molar-refractivity contribution in [2.75, 3.05) is 0 Å². The summed E-state index contributed by atoms with van der Waals surface area (Å²) in [5, 5.41) is 11.1. The topological polar surface area (TPSA) is 75.6 Å². The molecular formula is C36H46O7. The Morgan fingerprint density at radius 3 is 1.44 bits per heavy atom. The lowest BCUT2D eigenvalue weighted by Crippen LogP contribution is -2.24. The fraction of sp³-hybridized carbons (Fsp3) is 0.500. The molecule has 0 aliphatic carbocycles. The number of benzene rings is 3. The zero-order chi connectivity index (χ0) is 30.9. The molecule has 43 heavy (non-hydrogen) atoms. The highest BCUT2D eigenvalue weighted by molar-refractivity contribution is 5.48. The number of ether oxygens (including phenoxy) is 6. The molecule has 0 radical (unpaired) electrons. The highest BCUT2D eigenvalue weighted by atomic mass is 16.7. The number of aromatic hydroxyl groups is 1. The standard InChI is InChI=1S/C36H46O7/c1-22-40-20-28-14-30(35(3,4)5)12-26(33(28)42-22)18-38-16-24-10-9-11-25(32(24)37)17-39-19-27-13-31(36(6,7)8)15-29-21-41-23(2)43-34(27)29/h9-15,22-23,37H,16-21H2,1-8H3. The number of fused-ring (bicyclic) bond motifs is 2. The summed E-state index contributed by atoms with van der Waals surface area (Å²) < 4.78 is 35.8. The summed E-state index contributed by atoms with van der Waals surface area (Å²) in [6.45, 7) is 19.2. The minimum absolute atomic E-state index is 0.0229. The van der Waals surface area contributed by atoms with Crippen LogP contribution in [0.4, 0.5) is 0 Å². The predicted octanol–water partition coefficient (Wildman–Crippen LogP) is 7.93. The van der Waals surface area contributed by atoms with Crippen LogP contribution in [0.15, 0.2) is 42.5 Å². The number of phenolic OH excluding ortho intramolecular Hbond substituents is 1. The van der Waals surface area contributed by atoms with Gasteiger partial charge in [-0.1, -0.05) is 59.7 Å². The van der Waals surface area contributed by atoms with Crippen LogP contribution >= 0.6 is 0 Å². The molecule has 0 saturated carbocycles. The third-order valence-electron chi connectivity index (χ3n) is 7.97. The summed E-state index contributed by atoms with van der Waals surface area (Å²) in [6.07, 6.45) is -0.616. The molecule has 232 valence electrons. The Balaban J connectivity index is 1.26. The lowest BCUT2D eigenvalue weighted by atomic mass is 9.84. The van der Waals surface area contributed by atoms with Crippen LogP contribution in [-0.4, -0.2) is 17.7 Å². The molecule has 2 unspecified atom stereocenters. The first-order valence-electron chi connectivity index (χ1n) is 15.1. The molecule has 0 fully saturated rings. The molecule has 2 atom stereocenters. The Kier molecular flexibility index (Phi) is 9.10. The van der Waals surface area contributed by atoms with E-state index in [0.717, 1.165) is 33.8 Å². The third kappa shape index (κ3) is 7.35. The van der Waals surface area contributed by atoms with E-state index in [9.17, 15) is 5.11 Å². The van der Waals surface area contributed by atoms with Gasteiger partial charge in [-0.2, -0.15) is 0 Å². The van der Waals surface area contributed by atoms with E-state index in [4.69, 9.17) is 28.4 Å². The smallest absolute Gasteiger partial charge is 0.197 e. The average Bonchev–Trinajstić information content (AvgIpc) is 2.93. The predicted molar refractivity (Wildman–Crippen MR) is 165 cm³/mol. The molecule has 0 spiro atoms. The first kappa shape index (κ1) is 31.3. The summed E-state index contributed by atoms with van der Waals surface area (Å²) in [5.41, 5.74) is 7.82. The van der Waals surface area contributed by atoms with E-state index >= 15 is 0 Å². The summed E-state index contributed by atoms with van der Waals surface area (Å²) in [6, 6.07) is 14.3. The second kappa shape index (κ2) is 12.5. The van der Waals surface area contributed by atoms with E-state index in [1.807, 2.05) is 32.0 Å². The second-order valence-corrected chi connectivity index (χ2v) is 13.7. The van der Waals surface area contributed by atoms with Gasteiger partial charge < -0.3 is 33.5 Å². The van der Waals surface area contributed by atoms with Crippen LogP contribution in [0.5, 0.6) is 17.2 Å².